The minimum Gasteiger partial charge on any atom is -0.465 e. The lowest BCUT2D eigenvalue weighted by molar-refractivity contribution is 0.0600. The lowest BCUT2D eigenvalue weighted by Crippen LogP contribution is -2.33. The van der Waals surface area contributed by atoms with Crippen molar-refractivity contribution in [3.8, 4) is 11.1 Å². The van der Waals surface area contributed by atoms with Crippen LogP contribution in [-0.4, -0.2) is 72.0 Å². The third kappa shape index (κ3) is 7.27. The summed E-state index contributed by atoms with van der Waals surface area (Å²) < 4.78 is 21.1. The van der Waals surface area contributed by atoms with Gasteiger partial charge in [-0.3, -0.25) is 4.90 Å². The standard InChI is InChI=1S/C38H49N5O4Si/c1-26(45-3)36-40-34-22-30(12-13-35(34)43(36)25-47-20-21-48(5,6)7)32-14-17-39-37-33(32)23-31(41(37)2)24-42-18-15-28(16-19-42)27-8-10-29(11-9-27)38(44)46-4/h8-14,17,22-23,26,28H,15-16,18-21,24-25H2,1-7H3/t26-/m1/s1. The second-order valence-electron chi connectivity index (χ2n) is 14.3. The van der Waals surface area contributed by atoms with Gasteiger partial charge in [0.1, 0.15) is 24.3 Å². The molecule has 3 aromatic heterocycles. The first-order chi connectivity index (χ1) is 23.1. The smallest absolute Gasteiger partial charge is 0.337 e. The van der Waals surface area contributed by atoms with Crippen molar-refractivity contribution in [2.24, 2.45) is 7.05 Å². The zero-order valence-electron chi connectivity index (χ0n) is 29.5. The van der Waals surface area contributed by atoms with Crippen LogP contribution in [-0.2, 0) is 34.5 Å². The van der Waals surface area contributed by atoms with Gasteiger partial charge in [0.05, 0.1) is 23.7 Å². The van der Waals surface area contributed by atoms with E-state index in [0.717, 1.165) is 84.1 Å². The Morgan fingerprint density at radius 2 is 1.77 bits per heavy atom. The number of methoxy groups -OCH3 is 2. The van der Waals surface area contributed by atoms with Gasteiger partial charge in [-0.2, -0.15) is 0 Å². The van der Waals surface area contributed by atoms with Gasteiger partial charge in [-0.25, -0.2) is 14.8 Å². The summed E-state index contributed by atoms with van der Waals surface area (Å²) in [5, 5.41) is 1.15. The molecule has 10 heteroatoms. The van der Waals surface area contributed by atoms with Gasteiger partial charge >= 0.3 is 5.97 Å². The third-order valence-corrected chi connectivity index (χ3v) is 11.5. The fourth-order valence-corrected chi connectivity index (χ4v) is 7.50. The van der Waals surface area contributed by atoms with Crippen molar-refractivity contribution in [1.82, 2.24) is 24.0 Å². The van der Waals surface area contributed by atoms with E-state index >= 15 is 0 Å². The number of piperidine rings is 1. The number of rotatable bonds is 12. The average Bonchev–Trinajstić information content (AvgIpc) is 3.62. The van der Waals surface area contributed by atoms with Crippen molar-refractivity contribution < 1.29 is 19.0 Å². The third-order valence-electron chi connectivity index (χ3n) is 9.83. The van der Waals surface area contributed by atoms with Crippen LogP contribution in [0.4, 0.5) is 0 Å². The number of likely N-dealkylation sites (tertiary alicyclic amines) is 1. The maximum absolute atomic E-state index is 11.8. The number of hydrogen-bond acceptors (Lipinski definition) is 7. The summed E-state index contributed by atoms with van der Waals surface area (Å²) in [6, 6.07) is 20.0. The van der Waals surface area contributed by atoms with Crippen molar-refractivity contribution >= 4 is 36.1 Å². The maximum atomic E-state index is 11.8. The number of nitrogens with zero attached hydrogens (tertiary/aromatic N) is 5. The van der Waals surface area contributed by atoms with E-state index in [0.29, 0.717) is 18.2 Å². The Morgan fingerprint density at radius 1 is 1.02 bits per heavy atom. The molecule has 4 heterocycles. The molecule has 1 saturated heterocycles. The molecule has 0 spiro atoms. The molecule has 1 aliphatic rings. The Morgan fingerprint density at radius 3 is 2.46 bits per heavy atom. The van der Waals surface area contributed by atoms with E-state index in [1.54, 1.807) is 7.11 Å². The fraction of sp³-hybridized carbons (Fsp3) is 0.447. The first-order valence-electron chi connectivity index (χ1n) is 17.0. The van der Waals surface area contributed by atoms with Crippen LogP contribution < -0.4 is 0 Å². The van der Waals surface area contributed by atoms with Crippen molar-refractivity contribution in [1.29, 1.82) is 0 Å². The predicted octanol–water partition coefficient (Wildman–Crippen LogP) is 7.78. The molecule has 0 amide bonds. The minimum atomic E-state index is -1.18. The Balaban J connectivity index is 1.19. The Hall–Kier alpha value is -3.83. The van der Waals surface area contributed by atoms with Gasteiger partial charge in [0.25, 0.3) is 0 Å². The van der Waals surface area contributed by atoms with Crippen molar-refractivity contribution in [2.75, 3.05) is 33.9 Å². The molecule has 2 aromatic carbocycles. The predicted molar refractivity (Wildman–Crippen MR) is 194 cm³/mol. The van der Waals surface area contributed by atoms with Crippen LogP contribution in [0.15, 0.2) is 60.8 Å². The number of carbonyl (C=O) groups is 1. The van der Waals surface area contributed by atoms with Gasteiger partial charge in [-0.05, 0) is 97.9 Å². The molecule has 254 valence electrons. The average molecular weight is 668 g/mol. The zero-order chi connectivity index (χ0) is 34.0. The molecule has 0 aliphatic carbocycles. The molecule has 0 unspecified atom stereocenters. The maximum Gasteiger partial charge on any atom is 0.337 e. The second-order valence-corrected chi connectivity index (χ2v) is 19.9. The highest BCUT2D eigenvalue weighted by Crippen LogP contribution is 2.34. The van der Waals surface area contributed by atoms with E-state index in [2.05, 4.69) is 83.2 Å². The van der Waals surface area contributed by atoms with Gasteiger partial charge < -0.3 is 23.3 Å². The highest BCUT2D eigenvalue weighted by molar-refractivity contribution is 6.76. The molecule has 1 fully saturated rings. The summed E-state index contributed by atoms with van der Waals surface area (Å²) in [6.07, 6.45) is 3.93. The number of aryl methyl sites for hydroxylation is 1. The van der Waals surface area contributed by atoms with Gasteiger partial charge in [0.2, 0.25) is 0 Å². The highest BCUT2D eigenvalue weighted by Gasteiger charge is 2.23. The van der Waals surface area contributed by atoms with Crippen LogP contribution in [0.5, 0.6) is 0 Å². The summed E-state index contributed by atoms with van der Waals surface area (Å²) in [6.45, 7) is 13.3. The van der Waals surface area contributed by atoms with Gasteiger partial charge in [0, 0.05) is 52.7 Å². The Labute approximate surface area is 284 Å². The molecule has 1 aliphatic heterocycles. The molecular weight excluding hydrogens is 619 g/mol. The summed E-state index contributed by atoms with van der Waals surface area (Å²) in [5.41, 5.74) is 8.38. The minimum absolute atomic E-state index is 0.150. The van der Waals surface area contributed by atoms with E-state index in [1.807, 2.05) is 25.3 Å². The van der Waals surface area contributed by atoms with Gasteiger partial charge in [-0.1, -0.05) is 37.8 Å². The summed E-state index contributed by atoms with van der Waals surface area (Å²) in [4.78, 5) is 24.2. The summed E-state index contributed by atoms with van der Waals surface area (Å²) in [7, 11) is 4.09. The molecule has 0 bridgehead atoms. The van der Waals surface area contributed by atoms with E-state index in [4.69, 9.17) is 24.2 Å². The lowest BCUT2D eigenvalue weighted by atomic mass is 9.89. The van der Waals surface area contributed by atoms with Crippen LogP contribution in [0.3, 0.4) is 0 Å². The van der Waals surface area contributed by atoms with E-state index in [9.17, 15) is 4.79 Å². The molecule has 0 N–H and O–H groups in total. The summed E-state index contributed by atoms with van der Waals surface area (Å²) >= 11 is 0. The number of fused-ring (bicyclic) bond motifs is 2. The topological polar surface area (TPSA) is 83.6 Å². The van der Waals surface area contributed by atoms with Crippen LogP contribution in [0.2, 0.25) is 25.7 Å². The number of benzene rings is 2. The van der Waals surface area contributed by atoms with E-state index in [-0.39, 0.29) is 12.1 Å². The van der Waals surface area contributed by atoms with Crippen LogP contribution in [0.1, 0.15) is 59.2 Å². The molecule has 0 saturated carbocycles. The highest BCUT2D eigenvalue weighted by atomic mass is 28.3. The summed E-state index contributed by atoms with van der Waals surface area (Å²) in [5.74, 6) is 1.08. The number of esters is 1. The normalized spacial score (nSPS) is 15.4. The molecule has 6 rings (SSSR count). The van der Waals surface area contributed by atoms with E-state index in [1.165, 1.54) is 18.4 Å². The number of ether oxygens (including phenoxy) is 3. The fourth-order valence-electron chi connectivity index (χ4n) is 6.74. The molecular formula is C38H49N5O4Si. The number of imidazole rings is 1. The second kappa shape index (κ2) is 14.3. The number of hydrogen-bond donors (Lipinski definition) is 0. The first kappa shape index (κ1) is 34.0. The van der Waals surface area contributed by atoms with Crippen LogP contribution in [0.25, 0.3) is 33.2 Å². The quantitative estimate of drug-likeness (QED) is 0.0764. The van der Waals surface area contributed by atoms with Gasteiger partial charge in [0.15, 0.2) is 0 Å². The van der Waals surface area contributed by atoms with Gasteiger partial charge in [-0.15, -0.1) is 0 Å². The van der Waals surface area contributed by atoms with Crippen LogP contribution in [0, 0.1) is 0 Å². The Kier molecular flexibility index (Phi) is 10.2. The lowest BCUT2D eigenvalue weighted by Gasteiger charge is -2.32. The molecule has 48 heavy (non-hydrogen) atoms. The van der Waals surface area contributed by atoms with Crippen molar-refractivity contribution in [2.45, 2.75) is 70.7 Å². The van der Waals surface area contributed by atoms with E-state index < -0.39 is 8.07 Å². The largest absolute Gasteiger partial charge is 0.465 e. The zero-order valence-corrected chi connectivity index (χ0v) is 30.5. The number of carbonyl (C=O) groups excluding carboxylic acids is 1. The monoisotopic (exact) mass is 667 g/mol. The number of aromatic nitrogens is 4. The first-order valence-corrected chi connectivity index (χ1v) is 20.7. The van der Waals surface area contributed by atoms with Crippen LogP contribution >= 0.6 is 0 Å². The van der Waals surface area contributed by atoms with Crippen molar-refractivity contribution in [3.05, 3.63) is 83.4 Å². The molecule has 1 atom stereocenters. The Bertz CT molecular complexity index is 1880. The molecule has 5 aromatic rings. The number of pyridine rings is 1. The SMILES string of the molecule is COC(=O)c1ccc(C2CCN(Cc3cc4c(-c5ccc6c(c5)nc([C@@H](C)OC)n6COCC[Si](C)(C)C)ccnc4n3C)CC2)cc1. The molecule has 9 nitrogen and oxygen atoms in total. The van der Waals surface area contributed by atoms with Crippen molar-refractivity contribution in [3.63, 3.8) is 0 Å². The molecule has 0 radical (unpaired) electrons.